The van der Waals surface area contributed by atoms with Gasteiger partial charge in [-0.15, -0.1) is 0 Å². The predicted molar refractivity (Wildman–Crippen MR) is 68.7 cm³/mol. The second-order valence-electron chi connectivity index (χ2n) is 4.14. The number of aliphatic hydroxyl groups is 1. The van der Waals surface area contributed by atoms with E-state index < -0.39 is 6.10 Å². The summed E-state index contributed by atoms with van der Waals surface area (Å²) in [5, 5.41) is 10.0. The third-order valence-electron chi connectivity index (χ3n) is 2.89. The molecule has 88 valence electrons. The fourth-order valence-corrected chi connectivity index (χ4v) is 1.81. The minimum absolute atomic E-state index is 0.524. The molecule has 0 bridgehead atoms. The molecule has 0 aliphatic heterocycles. The molecule has 17 heavy (non-hydrogen) atoms. The molecule has 0 radical (unpaired) electrons. The Kier molecular flexibility index (Phi) is 3.89. The lowest BCUT2D eigenvalue weighted by atomic mass is 10.0. The molecule has 0 saturated heterocycles. The zero-order chi connectivity index (χ0) is 12.1. The van der Waals surface area contributed by atoms with Crippen molar-refractivity contribution in [2.75, 3.05) is 0 Å². The second kappa shape index (κ2) is 5.60. The van der Waals surface area contributed by atoms with Crippen molar-refractivity contribution in [3.63, 3.8) is 0 Å². The molecule has 1 heterocycles. The van der Waals surface area contributed by atoms with E-state index >= 15 is 0 Å². The summed E-state index contributed by atoms with van der Waals surface area (Å²) in [7, 11) is 0. The number of nitrogens with zero attached hydrogens (tertiary/aromatic N) is 1. The van der Waals surface area contributed by atoms with E-state index in [4.69, 9.17) is 0 Å². The van der Waals surface area contributed by atoms with Gasteiger partial charge in [-0.3, -0.25) is 4.98 Å². The molecular formula is C15H17NO. The van der Waals surface area contributed by atoms with Gasteiger partial charge in [0.1, 0.15) is 0 Å². The van der Waals surface area contributed by atoms with Crippen LogP contribution in [0.25, 0.3) is 0 Å². The zero-order valence-electron chi connectivity index (χ0n) is 10.0. The third kappa shape index (κ3) is 3.14. The Bertz CT molecular complexity index is 450. The van der Waals surface area contributed by atoms with Crippen LogP contribution in [0.5, 0.6) is 0 Å². The molecule has 2 rings (SSSR count). The quantitative estimate of drug-likeness (QED) is 0.871. The Morgan fingerprint density at radius 2 is 1.76 bits per heavy atom. The molecule has 0 fully saturated rings. The maximum Gasteiger partial charge on any atom is 0.0999 e. The summed E-state index contributed by atoms with van der Waals surface area (Å²) >= 11 is 0. The van der Waals surface area contributed by atoms with Crippen LogP contribution in [-0.2, 0) is 12.8 Å². The van der Waals surface area contributed by atoms with Gasteiger partial charge in [-0.05, 0) is 29.7 Å². The van der Waals surface area contributed by atoms with Crippen LogP contribution >= 0.6 is 0 Å². The van der Waals surface area contributed by atoms with Crippen LogP contribution in [0, 0.1) is 0 Å². The van der Waals surface area contributed by atoms with E-state index in [2.05, 4.69) is 36.2 Å². The number of pyridine rings is 1. The number of aryl methyl sites for hydroxylation is 1. The van der Waals surface area contributed by atoms with Gasteiger partial charge >= 0.3 is 0 Å². The highest BCUT2D eigenvalue weighted by Gasteiger charge is 2.08. The summed E-state index contributed by atoms with van der Waals surface area (Å²) in [6, 6.07) is 14.0. The minimum Gasteiger partial charge on any atom is -0.386 e. The Morgan fingerprint density at radius 3 is 2.35 bits per heavy atom. The van der Waals surface area contributed by atoms with Crippen LogP contribution in [0.15, 0.2) is 48.7 Å². The molecule has 0 amide bonds. The van der Waals surface area contributed by atoms with Crippen molar-refractivity contribution in [1.82, 2.24) is 4.98 Å². The predicted octanol–water partition coefficient (Wildman–Crippen LogP) is 2.92. The van der Waals surface area contributed by atoms with Gasteiger partial charge in [-0.1, -0.05) is 37.3 Å². The summed E-state index contributed by atoms with van der Waals surface area (Å²) < 4.78 is 0. The van der Waals surface area contributed by atoms with Gasteiger partial charge in [0, 0.05) is 12.6 Å². The van der Waals surface area contributed by atoms with E-state index in [9.17, 15) is 5.11 Å². The van der Waals surface area contributed by atoms with Crippen LogP contribution < -0.4 is 0 Å². The monoisotopic (exact) mass is 227 g/mol. The number of aliphatic hydroxyl groups excluding tert-OH is 1. The van der Waals surface area contributed by atoms with Gasteiger partial charge in [0.05, 0.1) is 11.8 Å². The molecule has 1 N–H and O–H groups in total. The number of benzene rings is 1. The zero-order valence-corrected chi connectivity index (χ0v) is 10.0. The Labute approximate surface area is 102 Å². The second-order valence-corrected chi connectivity index (χ2v) is 4.14. The van der Waals surface area contributed by atoms with Gasteiger partial charge < -0.3 is 5.11 Å². The van der Waals surface area contributed by atoms with Gasteiger partial charge in [-0.2, -0.15) is 0 Å². The van der Waals surface area contributed by atoms with Gasteiger partial charge in [0.25, 0.3) is 0 Å². The van der Waals surface area contributed by atoms with Crippen molar-refractivity contribution in [3.05, 3.63) is 65.5 Å². The largest absolute Gasteiger partial charge is 0.386 e. The maximum absolute atomic E-state index is 10.0. The summed E-state index contributed by atoms with van der Waals surface area (Å²) in [4.78, 5) is 4.16. The van der Waals surface area contributed by atoms with Crippen molar-refractivity contribution < 1.29 is 5.11 Å². The first-order valence-corrected chi connectivity index (χ1v) is 5.96. The SMILES string of the molecule is CCc1ccc(CC(O)c2ccccn2)cc1. The van der Waals surface area contributed by atoms with E-state index in [-0.39, 0.29) is 0 Å². The average molecular weight is 227 g/mol. The van der Waals surface area contributed by atoms with Crippen LogP contribution in [-0.4, -0.2) is 10.1 Å². The fraction of sp³-hybridized carbons (Fsp3) is 0.267. The Balaban J connectivity index is 2.05. The summed E-state index contributed by atoms with van der Waals surface area (Å²) in [5.74, 6) is 0. The molecule has 2 nitrogen and oxygen atoms in total. The molecule has 1 aromatic heterocycles. The van der Waals surface area contributed by atoms with Crippen LogP contribution in [0.2, 0.25) is 0 Å². The molecule has 1 unspecified atom stereocenters. The molecule has 1 atom stereocenters. The Morgan fingerprint density at radius 1 is 1.06 bits per heavy atom. The summed E-state index contributed by atoms with van der Waals surface area (Å²) in [6.07, 6.45) is 2.84. The van der Waals surface area contributed by atoms with Crippen LogP contribution in [0.1, 0.15) is 29.8 Å². The van der Waals surface area contributed by atoms with E-state index in [1.165, 1.54) is 5.56 Å². The number of hydrogen-bond donors (Lipinski definition) is 1. The summed E-state index contributed by atoms with van der Waals surface area (Å²) in [5.41, 5.74) is 3.19. The standard InChI is InChI=1S/C15H17NO/c1-2-12-6-8-13(9-7-12)11-15(17)14-5-3-4-10-16-14/h3-10,15,17H,2,11H2,1H3. The Hall–Kier alpha value is -1.67. The highest BCUT2D eigenvalue weighted by molar-refractivity contribution is 5.24. The van der Waals surface area contributed by atoms with E-state index in [1.807, 2.05) is 18.2 Å². The first-order chi connectivity index (χ1) is 8.29. The first kappa shape index (κ1) is 11.8. The van der Waals surface area contributed by atoms with Gasteiger partial charge in [-0.25, -0.2) is 0 Å². The summed E-state index contributed by atoms with van der Waals surface area (Å²) in [6.45, 7) is 2.14. The molecule has 2 aromatic rings. The van der Waals surface area contributed by atoms with Crippen molar-refractivity contribution in [2.45, 2.75) is 25.9 Å². The third-order valence-corrected chi connectivity index (χ3v) is 2.89. The van der Waals surface area contributed by atoms with Crippen molar-refractivity contribution in [1.29, 1.82) is 0 Å². The van der Waals surface area contributed by atoms with Gasteiger partial charge in [0.15, 0.2) is 0 Å². The smallest absolute Gasteiger partial charge is 0.0999 e. The number of rotatable bonds is 4. The molecule has 2 heteroatoms. The fourth-order valence-electron chi connectivity index (χ4n) is 1.81. The lowest BCUT2D eigenvalue weighted by Crippen LogP contribution is -2.03. The average Bonchev–Trinajstić information content (AvgIpc) is 2.40. The number of aromatic nitrogens is 1. The molecule has 1 aromatic carbocycles. The minimum atomic E-state index is -0.524. The number of hydrogen-bond acceptors (Lipinski definition) is 2. The lowest BCUT2D eigenvalue weighted by molar-refractivity contribution is 0.173. The highest BCUT2D eigenvalue weighted by atomic mass is 16.3. The normalized spacial score (nSPS) is 12.4. The van der Waals surface area contributed by atoms with E-state index in [0.29, 0.717) is 6.42 Å². The molecule has 0 spiro atoms. The lowest BCUT2D eigenvalue weighted by Gasteiger charge is -2.10. The van der Waals surface area contributed by atoms with Crippen molar-refractivity contribution >= 4 is 0 Å². The molecule has 0 saturated carbocycles. The molecule has 0 aliphatic carbocycles. The molecular weight excluding hydrogens is 210 g/mol. The van der Waals surface area contributed by atoms with Crippen LogP contribution in [0.4, 0.5) is 0 Å². The first-order valence-electron chi connectivity index (χ1n) is 5.96. The topological polar surface area (TPSA) is 33.1 Å². The molecule has 0 aliphatic rings. The van der Waals surface area contributed by atoms with Crippen molar-refractivity contribution in [3.8, 4) is 0 Å². The van der Waals surface area contributed by atoms with Crippen LogP contribution in [0.3, 0.4) is 0 Å². The van der Waals surface area contributed by atoms with E-state index in [1.54, 1.807) is 6.20 Å². The van der Waals surface area contributed by atoms with Gasteiger partial charge in [0.2, 0.25) is 0 Å². The van der Waals surface area contributed by atoms with Crippen molar-refractivity contribution in [2.24, 2.45) is 0 Å². The maximum atomic E-state index is 10.0. The van der Waals surface area contributed by atoms with E-state index in [0.717, 1.165) is 17.7 Å². The highest BCUT2D eigenvalue weighted by Crippen LogP contribution is 2.16.